The Morgan fingerprint density at radius 3 is 1.77 bits per heavy atom. The molecule has 3 nitrogen and oxygen atoms in total. The van der Waals surface area contributed by atoms with E-state index in [1.807, 2.05) is 19.0 Å². The first-order valence-electron chi connectivity index (χ1n) is 6.24. The Labute approximate surface area is 123 Å². The third-order valence-corrected chi connectivity index (χ3v) is 3.01. The van der Waals surface area contributed by atoms with Crippen LogP contribution in [-0.4, -0.2) is 49.5 Å². The highest BCUT2D eigenvalue weighted by molar-refractivity contribution is 5.46. The Morgan fingerprint density at radius 2 is 1.41 bits per heavy atom. The smallest absolute Gasteiger partial charge is 0.384 e. The van der Waals surface area contributed by atoms with Gasteiger partial charge in [0.05, 0.1) is 0 Å². The number of nitrogens with one attached hydrogen (secondary N) is 1. The molecule has 0 spiro atoms. The minimum absolute atomic E-state index is 0.359. The van der Waals surface area contributed by atoms with Crippen LogP contribution in [0.25, 0.3) is 0 Å². The van der Waals surface area contributed by atoms with Crippen LogP contribution in [0.5, 0.6) is 0 Å². The summed E-state index contributed by atoms with van der Waals surface area (Å²) in [4.78, 5) is 1.85. The molecule has 126 valence electrons. The second-order valence-corrected chi connectivity index (χ2v) is 5.01. The highest BCUT2D eigenvalue weighted by Gasteiger charge is 2.71. The van der Waals surface area contributed by atoms with E-state index >= 15 is 0 Å². The fraction of sp³-hybridized carbons (Fsp3) is 0.538. The summed E-state index contributed by atoms with van der Waals surface area (Å²) in [6.45, 7) is 1.10. The van der Waals surface area contributed by atoms with Crippen LogP contribution in [-0.2, 0) is 5.60 Å². The van der Waals surface area contributed by atoms with Crippen LogP contribution in [0.2, 0.25) is 0 Å². The molecule has 2 N–H and O–H groups in total. The monoisotopic (exact) mass is 330 g/mol. The Balaban J connectivity index is 3.00. The van der Waals surface area contributed by atoms with Crippen LogP contribution < -0.4 is 5.32 Å². The van der Waals surface area contributed by atoms with Crippen LogP contribution in [0.3, 0.4) is 0 Å². The van der Waals surface area contributed by atoms with Gasteiger partial charge in [0.1, 0.15) is 0 Å². The van der Waals surface area contributed by atoms with E-state index in [0.29, 0.717) is 30.9 Å². The molecule has 0 heterocycles. The van der Waals surface area contributed by atoms with E-state index in [1.165, 1.54) is 0 Å². The number of halogens is 6. The maximum Gasteiger partial charge on any atom is 0.430 e. The van der Waals surface area contributed by atoms with Gasteiger partial charge in [-0.25, -0.2) is 0 Å². The molecular weight excluding hydrogens is 314 g/mol. The molecule has 1 rings (SSSR count). The van der Waals surface area contributed by atoms with Crippen LogP contribution in [0, 0.1) is 0 Å². The van der Waals surface area contributed by atoms with E-state index in [-0.39, 0.29) is 0 Å². The predicted octanol–water partition coefficient (Wildman–Crippen LogP) is 2.97. The van der Waals surface area contributed by atoms with Crippen molar-refractivity contribution >= 4 is 5.69 Å². The van der Waals surface area contributed by atoms with Crippen molar-refractivity contribution in [2.75, 3.05) is 32.5 Å². The quantitative estimate of drug-likeness (QED) is 0.815. The molecule has 0 saturated heterocycles. The largest absolute Gasteiger partial charge is 0.430 e. The van der Waals surface area contributed by atoms with Crippen molar-refractivity contribution in [2.24, 2.45) is 0 Å². The highest BCUT2D eigenvalue weighted by atomic mass is 19.4. The Morgan fingerprint density at radius 1 is 0.955 bits per heavy atom. The zero-order chi connectivity index (χ0) is 17.2. The standard InChI is InChI=1S/C13H16F6N2O/c1-21(2)8-7-20-10-5-3-9(4-6-10)11(22,12(14,15)16)13(17,18)19/h3-6,20,22H,7-8H2,1-2H3. The molecule has 0 radical (unpaired) electrons. The van der Waals surface area contributed by atoms with Crippen LogP contribution in [0.4, 0.5) is 32.0 Å². The lowest BCUT2D eigenvalue weighted by Crippen LogP contribution is -2.53. The van der Waals surface area contributed by atoms with Gasteiger partial charge < -0.3 is 15.3 Å². The van der Waals surface area contributed by atoms with Crippen molar-refractivity contribution in [3.63, 3.8) is 0 Å². The lowest BCUT2D eigenvalue weighted by atomic mass is 9.92. The molecule has 0 aliphatic rings. The summed E-state index contributed by atoms with van der Waals surface area (Å²) in [6, 6.07) is 3.35. The van der Waals surface area contributed by atoms with Gasteiger partial charge in [0.25, 0.3) is 5.60 Å². The summed E-state index contributed by atoms with van der Waals surface area (Å²) in [5.74, 6) is 0. The van der Waals surface area contributed by atoms with Crippen molar-refractivity contribution < 1.29 is 31.4 Å². The number of hydrogen-bond donors (Lipinski definition) is 2. The number of rotatable bonds is 5. The molecule has 0 fully saturated rings. The molecule has 0 unspecified atom stereocenters. The van der Waals surface area contributed by atoms with Crippen molar-refractivity contribution in [1.82, 2.24) is 4.90 Å². The van der Waals surface area contributed by atoms with Gasteiger partial charge in [-0.05, 0) is 26.2 Å². The number of anilines is 1. The van der Waals surface area contributed by atoms with Gasteiger partial charge in [-0.1, -0.05) is 12.1 Å². The molecule has 0 saturated carbocycles. The summed E-state index contributed by atoms with van der Waals surface area (Å²) in [5, 5.41) is 12.1. The molecule has 0 amide bonds. The molecule has 22 heavy (non-hydrogen) atoms. The van der Waals surface area contributed by atoms with E-state index in [1.54, 1.807) is 0 Å². The number of aliphatic hydroxyl groups is 1. The number of benzene rings is 1. The average Bonchev–Trinajstić information content (AvgIpc) is 2.35. The van der Waals surface area contributed by atoms with E-state index in [4.69, 9.17) is 0 Å². The first kappa shape index (κ1) is 18.6. The SMILES string of the molecule is CN(C)CCNc1ccc(C(O)(C(F)(F)F)C(F)(F)F)cc1. The molecule has 0 aliphatic carbocycles. The van der Waals surface area contributed by atoms with Crippen molar-refractivity contribution in [3.05, 3.63) is 29.8 Å². The third kappa shape index (κ3) is 3.83. The summed E-state index contributed by atoms with van der Waals surface area (Å²) in [6.07, 6.45) is -11.7. The van der Waals surface area contributed by atoms with E-state index in [0.717, 1.165) is 12.1 Å². The first-order valence-corrected chi connectivity index (χ1v) is 6.24. The van der Waals surface area contributed by atoms with E-state index in [9.17, 15) is 31.4 Å². The Kier molecular flexibility index (Phi) is 5.34. The first-order chi connectivity index (χ1) is 9.89. The van der Waals surface area contributed by atoms with E-state index in [2.05, 4.69) is 5.32 Å². The summed E-state index contributed by atoms with van der Waals surface area (Å²) < 4.78 is 76.1. The van der Waals surface area contributed by atoms with Crippen molar-refractivity contribution in [3.8, 4) is 0 Å². The number of likely N-dealkylation sites (N-methyl/N-ethyl adjacent to an activating group) is 1. The van der Waals surface area contributed by atoms with Gasteiger partial charge in [-0.15, -0.1) is 0 Å². The zero-order valence-electron chi connectivity index (χ0n) is 11.9. The molecule has 0 bridgehead atoms. The van der Waals surface area contributed by atoms with Crippen molar-refractivity contribution in [1.29, 1.82) is 0 Å². The molecule has 0 aromatic heterocycles. The summed E-state index contributed by atoms with van der Waals surface area (Å²) in [5.41, 5.74) is -5.80. The predicted molar refractivity (Wildman–Crippen MR) is 69.5 cm³/mol. The van der Waals surface area contributed by atoms with Crippen LogP contribution in [0.15, 0.2) is 24.3 Å². The molecule has 1 aromatic carbocycles. The number of alkyl halides is 6. The molecule has 0 atom stereocenters. The summed E-state index contributed by atoms with van der Waals surface area (Å²) >= 11 is 0. The lowest BCUT2D eigenvalue weighted by Gasteiger charge is -2.32. The zero-order valence-corrected chi connectivity index (χ0v) is 11.9. The maximum absolute atomic E-state index is 12.7. The minimum atomic E-state index is -5.87. The molecule has 9 heteroatoms. The van der Waals surface area contributed by atoms with Crippen LogP contribution in [0.1, 0.15) is 5.56 Å². The van der Waals surface area contributed by atoms with Gasteiger partial charge >= 0.3 is 12.4 Å². The normalized spacial score (nSPS) is 13.5. The van der Waals surface area contributed by atoms with Gasteiger partial charge in [0.2, 0.25) is 0 Å². The van der Waals surface area contributed by atoms with Gasteiger partial charge in [-0.3, -0.25) is 0 Å². The fourth-order valence-electron chi connectivity index (χ4n) is 1.74. The number of hydrogen-bond acceptors (Lipinski definition) is 3. The third-order valence-electron chi connectivity index (χ3n) is 3.01. The molecular formula is C13H16F6N2O. The van der Waals surface area contributed by atoms with Gasteiger partial charge in [0.15, 0.2) is 0 Å². The Hall–Kier alpha value is -1.48. The fourth-order valence-corrected chi connectivity index (χ4v) is 1.74. The van der Waals surface area contributed by atoms with Gasteiger partial charge in [0, 0.05) is 24.3 Å². The second kappa shape index (κ2) is 6.33. The summed E-state index contributed by atoms with van der Waals surface area (Å²) in [7, 11) is 3.63. The average molecular weight is 330 g/mol. The van der Waals surface area contributed by atoms with Crippen molar-refractivity contribution in [2.45, 2.75) is 18.0 Å². The van der Waals surface area contributed by atoms with E-state index < -0.39 is 23.5 Å². The minimum Gasteiger partial charge on any atom is -0.384 e. The number of nitrogens with zero attached hydrogens (tertiary/aromatic N) is 1. The van der Waals surface area contributed by atoms with Crippen LogP contribution >= 0.6 is 0 Å². The Bertz CT molecular complexity index is 467. The van der Waals surface area contributed by atoms with Gasteiger partial charge in [-0.2, -0.15) is 26.3 Å². The topological polar surface area (TPSA) is 35.5 Å². The second-order valence-electron chi connectivity index (χ2n) is 5.01. The lowest BCUT2D eigenvalue weighted by molar-refractivity contribution is -0.376. The molecule has 0 aliphatic heterocycles. The highest BCUT2D eigenvalue weighted by Crippen LogP contribution is 2.50. The maximum atomic E-state index is 12.7. The molecule has 1 aromatic rings.